The van der Waals surface area contributed by atoms with Crippen molar-refractivity contribution in [1.29, 1.82) is 0 Å². The third-order valence-corrected chi connectivity index (χ3v) is 4.99. The second kappa shape index (κ2) is 6.55. The van der Waals surface area contributed by atoms with Crippen LogP contribution in [0.1, 0.15) is 44.6 Å². The van der Waals surface area contributed by atoms with E-state index >= 15 is 0 Å². The minimum absolute atomic E-state index is 0.114. The summed E-state index contributed by atoms with van der Waals surface area (Å²) in [5.41, 5.74) is 1.18. The molecule has 1 N–H and O–H groups in total. The van der Waals surface area contributed by atoms with E-state index in [-0.39, 0.29) is 11.7 Å². The molecule has 1 aromatic carbocycles. The first-order chi connectivity index (χ1) is 10.2. The van der Waals surface area contributed by atoms with E-state index in [0.29, 0.717) is 0 Å². The predicted octanol–water partition coefficient (Wildman–Crippen LogP) is 3.93. The highest BCUT2D eigenvalue weighted by Crippen LogP contribution is 2.43. The van der Waals surface area contributed by atoms with Crippen LogP contribution in [0.15, 0.2) is 18.2 Å². The molecule has 1 saturated carbocycles. The molecule has 0 aromatic heterocycles. The van der Waals surface area contributed by atoms with E-state index in [1.54, 1.807) is 0 Å². The number of rotatable bonds is 5. The van der Waals surface area contributed by atoms with Crippen LogP contribution >= 0.6 is 11.6 Å². The summed E-state index contributed by atoms with van der Waals surface area (Å²) in [7, 11) is 0. The van der Waals surface area contributed by atoms with E-state index in [0.717, 1.165) is 48.9 Å². The SMILES string of the molecule is CCNCc1c(Cl)cccc1OC1CCOC2(CCC2)C1. The van der Waals surface area contributed by atoms with E-state index in [2.05, 4.69) is 12.2 Å². The Balaban J connectivity index is 1.70. The zero-order chi connectivity index (χ0) is 14.7. The minimum atomic E-state index is 0.114. The first-order valence-electron chi connectivity index (χ1n) is 8.01. The molecule has 21 heavy (non-hydrogen) atoms. The summed E-state index contributed by atoms with van der Waals surface area (Å²) in [6.45, 7) is 4.58. The van der Waals surface area contributed by atoms with Gasteiger partial charge in [0, 0.05) is 30.0 Å². The Bertz CT molecular complexity index is 488. The van der Waals surface area contributed by atoms with Crippen molar-refractivity contribution in [3.63, 3.8) is 0 Å². The maximum absolute atomic E-state index is 6.33. The fourth-order valence-corrected chi connectivity index (χ4v) is 3.49. The van der Waals surface area contributed by atoms with Gasteiger partial charge in [-0.25, -0.2) is 0 Å². The van der Waals surface area contributed by atoms with Crippen molar-refractivity contribution >= 4 is 11.6 Å². The number of halogens is 1. The number of hydrogen-bond donors (Lipinski definition) is 1. The van der Waals surface area contributed by atoms with Gasteiger partial charge in [0.2, 0.25) is 0 Å². The molecule has 1 spiro atoms. The lowest BCUT2D eigenvalue weighted by molar-refractivity contribution is -0.153. The van der Waals surface area contributed by atoms with Crippen LogP contribution in [0, 0.1) is 0 Å². The fraction of sp³-hybridized carbons (Fsp3) is 0.647. The molecule has 116 valence electrons. The van der Waals surface area contributed by atoms with Crippen LogP contribution in [-0.2, 0) is 11.3 Å². The van der Waals surface area contributed by atoms with Crippen molar-refractivity contribution in [3.05, 3.63) is 28.8 Å². The van der Waals surface area contributed by atoms with Crippen molar-refractivity contribution in [2.75, 3.05) is 13.2 Å². The Labute approximate surface area is 132 Å². The van der Waals surface area contributed by atoms with Crippen LogP contribution < -0.4 is 10.1 Å². The molecule has 3 nitrogen and oxygen atoms in total. The van der Waals surface area contributed by atoms with Gasteiger partial charge in [0.15, 0.2) is 0 Å². The monoisotopic (exact) mass is 309 g/mol. The average Bonchev–Trinajstić information content (AvgIpc) is 2.45. The van der Waals surface area contributed by atoms with E-state index < -0.39 is 0 Å². The van der Waals surface area contributed by atoms with Gasteiger partial charge in [0.05, 0.1) is 12.2 Å². The highest BCUT2D eigenvalue weighted by molar-refractivity contribution is 6.31. The van der Waals surface area contributed by atoms with Gasteiger partial charge in [0.25, 0.3) is 0 Å². The van der Waals surface area contributed by atoms with Crippen LogP contribution in [0.4, 0.5) is 0 Å². The maximum Gasteiger partial charge on any atom is 0.125 e. The fourth-order valence-electron chi connectivity index (χ4n) is 3.25. The molecule has 1 atom stereocenters. The summed E-state index contributed by atoms with van der Waals surface area (Å²) >= 11 is 6.33. The molecular weight excluding hydrogens is 286 g/mol. The van der Waals surface area contributed by atoms with Crippen LogP contribution in [0.2, 0.25) is 5.02 Å². The molecule has 1 heterocycles. The maximum atomic E-state index is 6.33. The molecule has 2 aliphatic rings. The summed E-state index contributed by atoms with van der Waals surface area (Å²) in [6.07, 6.45) is 5.89. The first kappa shape index (κ1) is 15.1. The predicted molar refractivity (Wildman–Crippen MR) is 85.0 cm³/mol. The van der Waals surface area contributed by atoms with Crippen LogP contribution in [0.5, 0.6) is 5.75 Å². The molecule has 0 radical (unpaired) electrons. The minimum Gasteiger partial charge on any atom is -0.490 e. The van der Waals surface area contributed by atoms with Gasteiger partial charge in [-0.1, -0.05) is 24.6 Å². The van der Waals surface area contributed by atoms with Gasteiger partial charge in [-0.15, -0.1) is 0 Å². The average molecular weight is 310 g/mol. The third-order valence-electron chi connectivity index (χ3n) is 4.63. The molecule has 4 heteroatoms. The Morgan fingerprint density at radius 3 is 3.00 bits per heavy atom. The molecule has 1 aliphatic carbocycles. The van der Waals surface area contributed by atoms with Gasteiger partial charge >= 0.3 is 0 Å². The van der Waals surface area contributed by atoms with E-state index in [9.17, 15) is 0 Å². The Morgan fingerprint density at radius 1 is 1.43 bits per heavy atom. The second-order valence-electron chi connectivity index (χ2n) is 6.11. The van der Waals surface area contributed by atoms with E-state index in [1.807, 2.05) is 18.2 Å². The van der Waals surface area contributed by atoms with Crippen LogP contribution in [0.3, 0.4) is 0 Å². The highest BCUT2D eigenvalue weighted by atomic mass is 35.5. The topological polar surface area (TPSA) is 30.5 Å². The van der Waals surface area contributed by atoms with Gasteiger partial charge in [-0.2, -0.15) is 0 Å². The van der Waals surface area contributed by atoms with Gasteiger partial charge in [0.1, 0.15) is 11.9 Å². The molecule has 1 saturated heterocycles. The normalized spacial score (nSPS) is 23.8. The van der Waals surface area contributed by atoms with Crippen LogP contribution in [-0.4, -0.2) is 24.9 Å². The largest absolute Gasteiger partial charge is 0.490 e. The van der Waals surface area contributed by atoms with Crippen molar-refractivity contribution in [1.82, 2.24) is 5.32 Å². The van der Waals surface area contributed by atoms with Crippen molar-refractivity contribution in [2.45, 2.75) is 57.3 Å². The lowest BCUT2D eigenvalue weighted by Gasteiger charge is -2.47. The van der Waals surface area contributed by atoms with Gasteiger partial charge in [-0.3, -0.25) is 0 Å². The summed E-state index contributed by atoms with van der Waals surface area (Å²) in [6, 6.07) is 5.92. The zero-order valence-electron chi connectivity index (χ0n) is 12.7. The molecule has 0 bridgehead atoms. The third kappa shape index (κ3) is 3.36. The van der Waals surface area contributed by atoms with Gasteiger partial charge < -0.3 is 14.8 Å². The molecule has 2 fully saturated rings. The number of nitrogens with one attached hydrogen (secondary N) is 1. The molecule has 1 aromatic rings. The van der Waals surface area contributed by atoms with Crippen LogP contribution in [0.25, 0.3) is 0 Å². The second-order valence-corrected chi connectivity index (χ2v) is 6.52. The Hall–Kier alpha value is -0.770. The van der Waals surface area contributed by atoms with Crippen molar-refractivity contribution in [2.24, 2.45) is 0 Å². The first-order valence-corrected chi connectivity index (χ1v) is 8.39. The highest BCUT2D eigenvalue weighted by Gasteiger charge is 2.43. The summed E-state index contributed by atoms with van der Waals surface area (Å²) in [5.74, 6) is 0.921. The summed E-state index contributed by atoms with van der Waals surface area (Å²) in [5, 5.41) is 4.11. The van der Waals surface area contributed by atoms with Crippen molar-refractivity contribution in [3.8, 4) is 5.75 Å². The molecule has 3 rings (SSSR count). The standard InChI is InChI=1S/C17H24ClNO2/c1-2-19-12-14-15(18)5-3-6-16(14)21-13-7-10-20-17(11-13)8-4-9-17/h3,5-6,13,19H,2,4,7-12H2,1H3. The Morgan fingerprint density at radius 2 is 2.29 bits per heavy atom. The number of ether oxygens (including phenoxy) is 2. The van der Waals surface area contributed by atoms with E-state index in [1.165, 1.54) is 19.3 Å². The molecule has 1 aliphatic heterocycles. The smallest absolute Gasteiger partial charge is 0.125 e. The van der Waals surface area contributed by atoms with E-state index in [4.69, 9.17) is 21.1 Å². The quantitative estimate of drug-likeness (QED) is 0.894. The summed E-state index contributed by atoms with van der Waals surface area (Å²) < 4.78 is 12.3. The number of benzene rings is 1. The zero-order valence-corrected chi connectivity index (χ0v) is 13.4. The lowest BCUT2D eigenvalue weighted by atomic mass is 9.74. The van der Waals surface area contributed by atoms with Crippen molar-refractivity contribution < 1.29 is 9.47 Å². The lowest BCUT2D eigenvalue weighted by Crippen LogP contribution is -2.48. The van der Waals surface area contributed by atoms with Gasteiger partial charge in [-0.05, 0) is 37.9 Å². The molecule has 0 amide bonds. The molecule has 1 unspecified atom stereocenters. The summed E-state index contributed by atoms with van der Waals surface area (Å²) in [4.78, 5) is 0. The number of hydrogen-bond acceptors (Lipinski definition) is 3. The molecular formula is C17H24ClNO2. The Kier molecular flexibility index (Phi) is 4.72.